The van der Waals surface area contributed by atoms with E-state index in [1.54, 1.807) is 7.11 Å². The Bertz CT molecular complexity index is 693. The second-order valence-electron chi connectivity index (χ2n) is 4.51. The maximum atomic E-state index is 5.41. The fourth-order valence-corrected chi connectivity index (χ4v) is 2.26. The summed E-state index contributed by atoms with van der Waals surface area (Å²) in [5.74, 6) is 0.711. The Labute approximate surface area is 140 Å². The molecule has 3 aromatic rings. The first kappa shape index (κ1) is 18.7. The molecule has 0 radical (unpaired) electrons. The number of ether oxygens (including phenoxy) is 1. The van der Waals surface area contributed by atoms with Gasteiger partial charge < -0.3 is 4.74 Å². The summed E-state index contributed by atoms with van der Waals surface area (Å²) in [7, 11) is 1.67. The van der Waals surface area contributed by atoms with Gasteiger partial charge in [0.25, 0.3) is 0 Å². The topological polar surface area (TPSA) is 22.1 Å². The summed E-state index contributed by atoms with van der Waals surface area (Å²) >= 11 is 0. The molecular weight excluding hydrogens is 282 g/mol. The summed E-state index contributed by atoms with van der Waals surface area (Å²) in [5, 5.41) is 1.15. The summed E-state index contributed by atoms with van der Waals surface area (Å²) in [4.78, 5) is 4.57. The first-order chi connectivity index (χ1) is 11.4. The molecule has 0 saturated heterocycles. The highest BCUT2D eigenvalue weighted by molar-refractivity contribution is 5.80. The van der Waals surface area contributed by atoms with E-state index in [1.807, 2.05) is 52.0 Å². The number of fused-ring (bicyclic) bond motifs is 1. The van der Waals surface area contributed by atoms with E-state index in [1.165, 1.54) is 5.56 Å². The van der Waals surface area contributed by atoms with E-state index in [0.717, 1.165) is 22.9 Å². The van der Waals surface area contributed by atoms with Gasteiger partial charge in [-0.1, -0.05) is 76.2 Å². The number of aromatic nitrogens is 1. The smallest absolute Gasteiger partial charge is 0.217 e. The standard InChI is InChI=1S/C17H15NO.2C2H6/c1-19-17-15(11-13-7-3-2-4-8-13)12-14-9-5-6-10-16(14)18-17;2*1-2/h2-10,12H,11H2,1H3;2*1-2H3. The van der Waals surface area contributed by atoms with Gasteiger partial charge in [-0.15, -0.1) is 0 Å². The molecule has 0 amide bonds. The Morgan fingerprint density at radius 1 is 0.826 bits per heavy atom. The molecule has 0 bridgehead atoms. The van der Waals surface area contributed by atoms with E-state index < -0.39 is 0 Å². The molecule has 2 nitrogen and oxygen atoms in total. The van der Waals surface area contributed by atoms with Crippen molar-refractivity contribution in [3.8, 4) is 5.88 Å². The van der Waals surface area contributed by atoms with Crippen molar-refractivity contribution in [3.63, 3.8) is 0 Å². The van der Waals surface area contributed by atoms with Crippen molar-refractivity contribution in [2.45, 2.75) is 34.1 Å². The van der Waals surface area contributed by atoms with E-state index in [2.05, 4.69) is 41.4 Å². The van der Waals surface area contributed by atoms with Gasteiger partial charge in [0.05, 0.1) is 12.6 Å². The lowest BCUT2D eigenvalue weighted by atomic mass is 10.0. The lowest BCUT2D eigenvalue weighted by Crippen LogP contribution is -1.97. The third-order valence-corrected chi connectivity index (χ3v) is 3.19. The minimum atomic E-state index is 0.711. The van der Waals surface area contributed by atoms with Crippen molar-refractivity contribution in [2.24, 2.45) is 0 Å². The molecule has 2 heteroatoms. The molecule has 0 saturated carbocycles. The molecule has 0 atom stereocenters. The number of para-hydroxylation sites is 1. The SMILES string of the molecule is CC.CC.COc1nc2ccccc2cc1Cc1ccccc1. The molecule has 23 heavy (non-hydrogen) atoms. The minimum absolute atomic E-state index is 0.711. The molecule has 0 aliphatic carbocycles. The van der Waals surface area contributed by atoms with Crippen LogP contribution in [0.5, 0.6) is 5.88 Å². The lowest BCUT2D eigenvalue weighted by molar-refractivity contribution is 0.395. The molecule has 2 aromatic carbocycles. The van der Waals surface area contributed by atoms with Gasteiger partial charge in [0.15, 0.2) is 0 Å². The van der Waals surface area contributed by atoms with Crippen LogP contribution in [0.4, 0.5) is 0 Å². The summed E-state index contributed by atoms with van der Waals surface area (Å²) in [6.07, 6.45) is 0.835. The summed E-state index contributed by atoms with van der Waals surface area (Å²) in [5.41, 5.74) is 3.35. The lowest BCUT2D eigenvalue weighted by Gasteiger charge is -2.09. The van der Waals surface area contributed by atoms with Gasteiger partial charge in [0.2, 0.25) is 5.88 Å². The second kappa shape index (κ2) is 10.4. The van der Waals surface area contributed by atoms with Gasteiger partial charge in [-0.2, -0.15) is 0 Å². The van der Waals surface area contributed by atoms with E-state index >= 15 is 0 Å². The van der Waals surface area contributed by atoms with Gasteiger partial charge in [-0.25, -0.2) is 4.98 Å². The number of pyridine rings is 1. The zero-order valence-electron chi connectivity index (χ0n) is 14.8. The van der Waals surface area contributed by atoms with Crippen molar-refractivity contribution in [2.75, 3.05) is 7.11 Å². The Morgan fingerprint density at radius 3 is 2.09 bits per heavy atom. The van der Waals surface area contributed by atoms with E-state index in [9.17, 15) is 0 Å². The number of nitrogens with zero attached hydrogens (tertiary/aromatic N) is 1. The predicted octanol–water partition coefficient (Wildman–Crippen LogP) is 5.89. The number of benzene rings is 2. The minimum Gasteiger partial charge on any atom is -0.481 e. The Balaban J connectivity index is 0.000000615. The number of rotatable bonds is 3. The predicted molar refractivity (Wildman–Crippen MR) is 100 cm³/mol. The van der Waals surface area contributed by atoms with Crippen molar-refractivity contribution in [1.82, 2.24) is 4.98 Å². The van der Waals surface area contributed by atoms with Gasteiger partial charge in [0.1, 0.15) is 0 Å². The van der Waals surface area contributed by atoms with Gasteiger partial charge in [-0.05, 0) is 17.7 Å². The van der Waals surface area contributed by atoms with Crippen LogP contribution in [0.2, 0.25) is 0 Å². The van der Waals surface area contributed by atoms with Crippen LogP contribution in [0.1, 0.15) is 38.8 Å². The van der Waals surface area contributed by atoms with Crippen molar-refractivity contribution < 1.29 is 4.74 Å². The third-order valence-electron chi connectivity index (χ3n) is 3.19. The highest BCUT2D eigenvalue weighted by Crippen LogP contribution is 2.24. The monoisotopic (exact) mass is 309 g/mol. The molecule has 3 rings (SSSR count). The van der Waals surface area contributed by atoms with Crippen LogP contribution in [0.15, 0.2) is 60.7 Å². The highest BCUT2D eigenvalue weighted by atomic mass is 16.5. The van der Waals surface area contributed by atoms with Crippen LogP contribution in [0.3, 0.4) is 0 Å². The van der Waals surface area contributed by atoms with Crippen LogP contribution >= 0.6 is 0 Å². The molecule has 0 aliphatic heterocycles. The Morgan fingerprint density at radius 2 is 1.43 bits per heavy atom. The largest absolute Gasteiger partial charge is 0.481 e. The Kier molecular flexibility index (Phi) is 8.45. The average Bonchev–Trinajstić information content (AvgIpc) is 2.65. The fraction of sp³-hybridized carbons (Fsp3) is 0.286. The molecule has 0 unspecified atom stereocenters. The van der Waals surface area contributed by atoms with Crippen LogP contribution in [0.25, 0.3) is 10.9 Å². The number of methoxy groups -OCH3 is 1. The molecule has 1 aromatic heterocycles. The molecule has 1 heterocycles. The van der Waals surface area contributed by atoms with Crippen LogP contribution in [0, 0.1) is 0 Å². The van der Waals surface area contributed by atoms with Gasteiger partial charge >= 0.3 is 0 Å². The summed E-state index contributed by atoms with van der Waals surface area (Å²) < 4.78 is 5.41. The molecular formula is C21H27NO. The van der Waals surface area contributed by atoms with Gasteiger partial charge in [0, 0.05) is 17.4 Å². The second-order valence-corrected chi connectivity index (χ2v) is 4.51. The molecule has 0 N–H and O–H groups in total. The van der Waals surface area contributed by atoms with E-state index in [-0.39, 0.29) is 0 Å². The van der Waals surface area contributed by atoms with E-state index in [4.69, 9.17) is 4.74 Å². The number of hydrogen-bond acceptors (Lipinski definition) is 2. The van der Waals surface area contributed by atoms with E-state index in [0.29, 0.717) is 5.88 Å². The van der Waals surface area contributed by atoms with Crippen LogP contribution in [-0.2, 0) is 6.42 Å². The van der Waals surface area contributed by atoms with Crippen LogP contribution < -0.4 is 4.74 Å². The Hall–Kier alpha value is -2.35. The van der Waals surface area contributed by atoms with Gasteiger partial charge in [-0.3, -0.25) is 0 Å². The zero-order chi connectivity index (χ0) is 17.1. The maximum Gasteiger partial charge on any atom is 0.217 e. The molecule has 0 aliphatic rings. The maximum absolute atomic E-state index is 5.41. The molecule has 0 spiro atoms. The third kappa shape index (κ3) is 5.10. The normalized spacial score (nSPS) is 9.26. The summed E-state index contributed by atoms with van der Waals surface area (Å²) in [6.45, 7) is 8.00. The van der Waals surface area contributed by atoms with Crippen molar-refractivity contribution in [1.29, 1.82) is 0 Å². The quantitative estimate of drug-likeness (QED) is 0.602. The zero-order valence-corrected chi connectivity index (χ0v) is 14.8. The summed E-state index contributed by atoms with van der Waals surface area (Å²) in [6, 6.07) is 20.6. The average molecular weight is 309 g/mol. The first-order valence-corrected chi connectivity index (χ1v) is 8.33. The van der Waals surface area contributed by atoms with Crippen molar-refractivity contribution in [3.05, 3.63) is 71.8 Å². The first-order valence-electron chi connectivity index (χ1n) is 8.33. The molecule has 122 valence electrons. The van der Waals surface area contributed by atoms with Crippen LogP contribution in [-0.4, -0.2) is 12.1 Å². The highest BCUT2D eigenvalue weighted by Gasteiger charge is 2.07. The fourth-order valence-electron chi connectivity index (χ4n) is 2.26. The number of hydrogen-bond donors (Lipinski definition) is 0. The molecule has 0 fully saturated rings. The van der Waals surface area contributed by atoms with Crippen molar-refractivity contribution >= 4 is 10.9 Å².